The summed E-state index contributed by atoms with van der Waals surface area (Å²) in [6.45, 7) is 4.38. The molecule has 0 spiro atoms. The van der Waals surface area contributed by atoms with Gasteiger partial charge in [0.15, 0.2) is 0 Å². The molecule has 1 atom stereocenters. The SMILES string of the molecule is Cc1[nH]c2cnc(C3CCN(C(=O)[C@H](C)O)CC3)nc2c1C(N)=O. The summed E-state index contributed by atoms with van der Waals surface area (Å²) in [5, 5.41) is 9.40. The van der Waals surface area contributed by atoms with E-state index in [0.717, 1.165) is 12.8 Å². The zero-order chi connectivity index (χ0) is 17.4. The van der Waals surface area contributed by atoms with Crippen LogP contribution < -0.4 is 5.73 Å². The van der Waals surface area contributed by atoms with E-state index in [1.165, 1.54) is 6.92 Å². The first-order valence-electron chi connectivity index (χ1n) is 8.00. The van der Waals surface area contributed by atoms with Crippen LogP contribution in [0.15, 0.2) is 6.20 Å². The number of aliphatic hydroxyl groups is 1. The van der Waals surface area contributed by atoms with Gasteiger partial charge >= 0.3 is 0 Å². The number of aromatic amines is 1. The van der Waals surface area contributed by atoms with Crippen LogP contribution in [0.25, 0.3) is 11.0 Å². The third-order valence-electron chi connectivity index (χ3n) is 4.52. The van der Waals surface area contributed by atoms with Crippen molar-refractivity contribution in [3.05, 3.63) is 23.3 Å². The van der Waals surface area contributed by atoms with E-state index in [0.29, 0.717) is 41.2 Å². The van der Waals surface area contributed by atoms with Crippen molar-refractivity contribution in [3.63, 3.8) is 0 Å². The number of carbonyl (C=O) groups excluding carboxylic acids is 2. The Balaban J connectivity index is 1.82. The molecule has 1 saturated heterocycles. The lowest BCUT2D eigenvalue weighted by molar-refractivity contribution is -0.140. The number of aliphatic hydroxyl groups excluding tert-OH is 1. The number of nitrogens with zero attached hydrogens (tertiary/aromatic N) is 3. The van der Waals surface area contributed by atoms with Crippen LogP contribution in [0.3, 0.4) is 0 Å². The van der Waals surface area contributed by atoms with Gasteiger partial charge in [-0.3, -0.25) is 9.59 Å². The van der Waals surface area contributed by atoms with Crippen LogP contribution in [0.5, 0.6) is 0 Å². The predicted octanol–water partition coefficient (Wildman–Crippen LogP) is 0.452. The number of aromatic nitrogens is 3. The second-order valence-electron chi connectivity index (χ2n) is 6.26. The van der Waals surface area contributed by atoms with E-state index in [1.54, 1.807) is 18.0 Å². The highest BCUT2D eigenvalue weighted by Crippen LogP contribution is 2.28. The van der Waals surface area contributed by atoms with E-state index in [-0.39, 0.29) is 11.8 Å². The quantitative estimate of drug-likeness (QED) is 0.753. The predicted molar refractivity (Wildman–Crippen MR) is 87.4 cm³/mol. The third-order valence-corrected chi connectivity index (χ3v) is 4.52. The fraction of sp³-hybridized carbons (Fsp3) is 0.500. The molecule has 0 bridgehead atoms. The van der Waals surface area contributed by atoms with Crippen molar-refractivity contribution < 1.29 is 14.7 Å². The van der Waals surface area contributed by atoms with Crippen molar-refractivity contribution >= 4 is 22.8 Å². The standard InChI is InChI=1S/C16H21N5O3/c1-8-12(14(17)23)13-11(19-8)7-18-15(20-13)10-3-5-21(6-4-10)16(24)9(2)22/h7,9-10,19,22H,3-6H2,1-2H3,(H2,17,23)/t9-/m0/s1. The summed E-state index contributed by atoms with van der Waals surface area (Å²) in [5.74, 6) is 0.0133. The first-order chi connectivity index (χ1) is 11.4. The van der Waals surface area contributed by atoms with Gasteiger partial charge in [0.2, 0.25) is 0 Å². The summed E-state index contributed by atoms with van der Waals surface area (Å²) in [6, 6.07) is 0. The molecule has 1 fully saturated rings. The van der Waals surface area contributed by atoms with Gasteiger partial charge in [-0.1, -0.05) is 0 Å². The summed E-state index contributed by atoms with van der Waals surface area (Å²) in [7, 11) is 0. The Kier molecular flexibility index (Phi) is 4.23. The molecule has 0 radical (unpaired) electrons. The van der Waals surface area contributed by atoms with Gasteiger partial charge in [-0.25, -0.2) is 9.97 Å². The number of H-pyrrole nitrogens is 1. The highest BCUT2D eigenvalue weighted by Gasteiger charge is 2.28. The fourth-order valence-corrected chi connectivity index (χ4v) is 3.24. The molecule has 0 unspecified atom stereocenters. The molecule has 8 heteroatoms. The highest BCUT2D eigenvalue weighted by atomic mass is 16.3. The number of nitrogens with two attached hydrogens (primary N) is 1. The van der Waals surface area contributed by atoms with Crippen molar-refractivity contribution in [1.82, 2.24) is 19.9 Å². The second-order valence-corrected chi connectivity index (χ2v) is 6.26. The molecule has 0 aromatic carbocycles. The highest BCUT2D eigenvalue weighted by molar-refractivity contribution is 6.05. The largest absolute Gasteiger partial charge is 0.384 e. The van der Waals surface area contributed by atoms with Crippen LogP contribution >= 0.6 is 0 Å². The van der Waals surface area contributed by atoms with Crippen molar-refractivity contribution in [2.24, 2.45) is 5.73 Å². The van der Waals surface area contributed by atoms with Crippen LogP contribution in [0.2, 0.25) is 0 Å². The Labute approximate surface area is 139 Å². The molecule has 1 aliphatic rings. The number of likely N-dealkylation sites (tertiary alicyclic amines) is 1. The molecule has 4 N–H and O–H groups in total. The molecule has 1 aliphatic heterocycles. The summed E-state index contributed by atoms with van der Waals surface area (Å²) in [6.07, 6.45) is 2.14. The maximum Gasteiger partial charge on any atom is 0.252 e. The lowest BCUT2D eigenvalue weighted by Crippen LogP contribution is -2.42. The van der Waals surface area contributed by atoms with Crippen molar-refractivity contribution in [2.75, 3.05) is 13.1 Å². The molecule has 2 aromatic rings. The third kappa shape index (κ3) is 2.84. The average Bonchev–Trinajstić information content (AvgIpc) is 2.89. The van der Waals surface area contributed by atoms with E-state index in [9.17, 15) is 14.7 Å². The van der Waals surface area contributed by atoms with Gasteiger partial charge in [-0.15, -0.1) is 0 Å². The number of primary amides is 1. The summed E-state index contributed by atoms with van der Waals surface area (Å²) in [4.78, 5) is 37.1. The monoisotopic (exact) mass is 331 g/mol. The summed E-state index contributed by atoms with van der Waals surface area (Å²) >= 11 is 0. The van der Waals surface area contributed by atoms with Crippen molar-refractivity contribution in [1.29, 1.82) is 0 Å². The minimum absolute atomic E-state index is 0.114. The Morgan fingerprint density at radius 2 is 2.08 bits per heavy atom. The summed E-state index contributed by atoms with van der Waals surface area (Å²) < 4.78 is 0. The number of fused-ring (bicyclic) bond motifs is 1. The van der Waals surface area contributed by atoms with E-state index < -0.39 is 12.0 Å². The van der Waals surface area contributed by atoms with Gasteiger partial charge in [0.05, 0.1) is 17.3 Å². The molecular formula is C16H21N5O3. The molecule has 0 aliphatic carbocycles. The number of rotatable bonds is 3. The molecule has 24 heavy (non-hydrogen) atoms. The summed E-state index contributed by atoms with van der Waals surface area (Å²) in [5.41, 5.74) is 7.76. The minimum Gasteiger partial charge on any atom is -0.384 e. The van der Waals surface area contributed by atoms with E-state index in [4.69, 9.17) is 5.73 Å². The Morgan fingerprint density at radius 1 is 1.42 bits per heavy atom. The van der Waals surface area contributed by atoms with Crippen LogP contribution in [0, 0.1) is 6.92 Å². The molecule has 3 heterocycles. The second kappa shape index (κ2) is 6.20. The van der Waals surface area contributed by atoms with E-state index >= 15 is 0 Å². The smallest absolute Gasteiger partial charge is 0.252 e. The first kappa shape index (κ1) is 16.4. The number of hydrogen-bond acceptors (Lipinski definition) is 5. The number of piperidine rings is 1. The van der Waals surface area contributed by atoms with Gasteiger partial charge in [0.1, 0.15) is 17.4 Å². The van der Waals surface area contributed by atoms with Crippen molar-refractivity contribution in [3.8, 4) is 0 Å². The van der Waals surface area contributed by atoms with Gasteiger partial charge in [-0.2, -0.15) is 0 Å². The van der Waals surface area contributed by atoms with Gasteiger partial charge in [-0.05, 0) is 26.7 Å². The molecule has 2 amide bonds. The molecule has 8 nitrogen and oxygen atoms in total. The van der Waals surface area contributed by atoms with E-state index in [2.05, 4.69) is 15.0 Å². The molecule has 3 rings (SSSR count). The number of nitrogens with one attached hydrogen (secondary N) is 1. The average molecular weight is 331 g/mol. The Hall–Kier alpha value is -2.48. The first-order valence-corrected chi connectivity index (χ1v) is 8.00. The fourth-order valence-electron chi connectivity index (χ4n) is 3.24. The topological polar surface area (TPSA) is 125 Å². The Morgan fingerprint density at radius 3 is 2.67 bits per heavy atom. The zero-order valence-corrected chi connectivity index (χ0v) is 13.7. The van der Waals surface area contributed by atoms with Crippen LogP contribution in [-0.4, -0.2) is 56.0 Å². The number of amides is 2. The van der Waals surface area contributed by atoms with Gasteiger partial charge < -0.3 is 20.7 Å². The van der Waals surface area contributed by atoms with Crippen LogP contribution in [0.1, 0.15) is 47.6 Å². The Bertz CT molecular complexity index is 790. The van der Waals surface area contributed by atoms with Crippen LogP contribution in [0.4, 0.5) is 0 Å². The maximum absolute atomic E-state index is 11.8. The molecule has 128 valence electrons. The molecule has 0 saturated carbocycles. The van der Waals surface area contributed by atoms with Crippen LogP contribution in [-0.2, 0) is 4.79 Å². The molecule has 2 aromatic heterocycles. The lowest BCUT2D eigenvalue weighted by Gasteiger charge is -2.32. The normalized spacial score (nSPS) is 17.2. The number of carbonyl (C=O) groups is 2. The number of hydrogen-bond donors (Lipinski definition) is 3. The number of aryl methyl sites for hydroxylation is 1. The van der Waals surface area contributed by atoms with Gasteiger partial charge in [0.25, 0.3) is 11.8 Å². The van der Waals surface area contributed by atoms with Gasteiger partial charge in [0, 0.05) is 24.7 Å². The van der Waals surface area contributed by atoms with Crippen molar-refractivity contribution in [2.45, 2.75) is 38.7 Å². The zero-order valence-electron chi connectivity index (χ0n) is 13.7. The maximum atomic E-state index is 11.8. The molecular weight excluding hydrogens is 310 g/mol. The lowest BCUT2D eigenvalue weighted by atomic mass is 9.95. The van der Waals surface area contributed by atoms with E-state index in [1.807, 2.05) is 0 Å². The minimum atomic E-state index is -0.977.